The number of nitrogens with zero attached hydrogens (tertiary/aromatic N) is 3. The first kappa shape index (κ1) is 19.3. The van der Waals surface area contributed by atoms with Gasteiger partial charge in [0, 0.05) is 12.1 Å². The highest BCUT2D eigenvalue weighted by atomic mass is 16.2. The van der Waals surface area contributed by atoms with Gasteiger partial charge in [-0.05, 0) is 55.7 Å². The van der Waals surface area contributed by atoms with E-state index in [2.05, 4.69) is 26.8 Å². The predicted octanol–water partition coefficient (Wildman–Crippen LogP) is 2.57. The molecule has 7 nitrogen and oxygen atoms in total. The van der Waals surface area contributed by atoms with Crippen LogP contribution in [0.1, 0.15) is 23.1 Å². The molecule has 3 rings (SSSR count). The molecular formula is C21H23N5O2. The minimum Gasteiger partial charge on any atom is -0.347 e. The van der Waals surface area contributed by atoms with Gasteiger partial charge >= 0.3 is 0 Å². The van der Waals surface area contributed by atoms with Crippen LogP contribution in [0.25, 0.3) is 5.69 Å². The summed E-state index contributed by atoms with van der Waals surface area (Å²) < 4.78 is 1.63. The molecule has 1 heterocycles. The Hall–Kier alpha value is -3.48. The molecule has 0 unspecified atom stereocenters. The van der Waals surface area contributed by atoms with Crippen LogP contribution in [0.3, 0.4) is 0 Å². The summed E-state index contributed by atoms with van der Waals surface area (Å²) in [7, 11) is 0. The van der Waals surface area contributed by atoms with Crippen LogP contribution >= 0.6 is 0 Å². The number of aryl methyl sites for hydroxylation is 3. The van der Waals surface area contributed by atoms with Crippen molar-refractivity contribution >= 4 is 17.5 Å². The fraction of sp³-hybridized carbons (Fsp3) is 0.238. The van der Waals surface area contributed by atoms with Gasteiger partial charge in [0.05, 0.1) is 12.2 Å². The molecule has 1 aromatic heterocycles. The number of hydrogen-bond donors (Lipinski definition) is 2. The van der Waals surface area contributed by atoms with Gasteiger partial charge in [-0.15, -0.1) is 0 Å². The minimum atomic E-state index is -0.270. The number of carbonyl (C=O) groups is 2. The zero-order valence-corrected chi connectivity index (χ0v) is 16.0. The molecular weight excluding hydrogens is 354 g/mol. The molecule has 0 bridgehead atoms. The smallest absolute Gasteiger partial charge is 0.243 e. The van der Waals surface area contributed by atoms with Crippen molar-refractivity contribution in [3.63, 3.8) is 0 Å². The third-order valence-corrected chi connectivity index (χ3v) is 4.40. The van der Waals surface area contributed by atoms with Crippen molar-refractivity contribution in [3.05, 3.63) is 71.8 Å². The molecule has 144 valence electrons. The van der Waals surface area contributed by atoms with Gasteiger partial charge in [-0.25, -0.2) is 9.67 Å². The summed E-state index contributed by atoms with van der Waals surface area (Å²) in [5.74, 6) is -0.412. The minimum absolute atomic E-state index is 0.0590. The van der Waals surface area contributed by atoms with E-state index in [0.717, 1.165) is 11.3 Å². The van der Waals surface area contributed by atoms with Crippen LogP contribution in [-0.4, -0.2) is 33.1 Å². The number of nitrogens with one attached hydrogen (secondary N) is 2. The molecule has 0 spiro atoms. The third-order valence-electron chi connectivity index (χ3n) is 4.40. The SMILES string of the molecule is Cc1ccc(CCC(=O)NCC(=O)Nc2ccc(-n3cncn3)cc2)c(C)c1. The van der Waals surface area contributed by atoms with E-state index in [1.807, 2.05) is 38.1 Å². The largest absolute Gasteiger partial charge is 0.347 e. The maximum atomic E-state index is 12.0. The average Bonchev–Trinajstić information content (AvgIpc) is 3.21. The summed E-state index contributed by atoms with van der Waals surface area (Å²) in [6, 6.07) is 13.4. The second-order valence-electron chi connectivity index (χ2n) is 6.64. The van der Waals surface area contributed by atoms with Gasteiger partial charge < -0.3 is 10.6 Å². The van der Waals surface area contributed by atoms with Crippen LogP contribution in [0, 0.1) is 13.8 Å². The number of rotatable bonds is 7. The standard InChI is InChI=1S/C21H23N5O2/c1-15-3-4-17(16(2)11-15)5-10-20(27)23-12-21(28)25-18-6-8-19(9-7-18)26-14-22-13-24-26/h3-4,6-9,11,13-14H,5,10,12H2,1-2H3,(H,23,27)(H,25,28). The second kappa shape index (κ2) is 8.94. The molecule has 0 fully saturated rings. The molecule has 7 heteroatoms. The van der Waals surface area contributed by atoms with Gasteiger partial charge in [0.15, 0.2) is 0 Å². The Morgan fingerprint density at radius 3 is 2.50 bits per heavy atom. The molecule has 0 aliphatic rings. The van der Waals surface area contributed by atoms with Crippen LogP contribution in [-0.2, 0) is 16.0 Å². The molecule has 0 radical (unpaired) electrons. The molecule has 2 aromatic carbocycles. The van der Waals surface area contributed by atoms with Crippen molar-refractivity contribution in [1.82, 2.24) is 20.1 Å². The Morgan fingerprint density at radius 1 is 1.04 bits per heavy atom. The fourth-order valence-corrected chi connectivity index (χ4v) is 2.89. The molecule has 3 aromatic rings. The molecule has 2 amide bonds. The molecule has 0 aliphatic carbocycles. The molecule has 0 atom stereocenters. The van der Waals surface area contributed by atoms with Crippen molar-refractivity contribution in [2.45, 2.75) is 26.7 Å². The summed E-state index contributed by atoms with van der Waals surface area (Å²) in [5.41, 5.74) is 5.03. The number of amides is 2. The average molecular weight is 377 g/mol. The Morgan fingerprint density at radius 2 is 1.82 bits per heavy atom. The lowest BCUT2D eigenvalue weighted by atomic mass is 10.0. The Bertz CT molecular complexity index is 949. The topological polar surface area (TPSA) is 88.9 Å². The number of carbonyl (C=O) groups excluding carboxylic acids is 2. The van der Waals surface area contributed by atoms with Gasteiger partial charge in [-0.2, -0.15) is 5.10 Å². The summed E-state index contributed by atoms with van der Waals surface area (Å²) in [4.78, 5) is 28.0. The van der Waals surface area contributed by atoms with Crippen molar-refractivity contribution < 1.29 is 9.59 Å². The molecule has 0 aliphatic heterocycles. The lowest BCUT2D eigenvalue weighted by molar-refractivity contribution is -0.124. The first-order chi connectivity index (χ1) is 13.5. The number of benzene rings is 2. The first-order valence-corrected chi connectivity index (χ1v) is 9.09. The zero-order chi connectivity index (χ0) is 19.9. The van der Waals surface area contributed by atoms with Crippen molar-refractivity contribution in [1.29, 1.82) is 0 Å². The summed E-state index contributed by atoms with van der Waals surface area (Å²) >= 11 is 0. The highest BCUT2D eigenvalue weighted by molar-refractivity contribution is 5.94. The second-order valence-corrected chi connectivity index (χ2v) is 6.64. The van der Waals surface area contributed by atoms with E-state index in [-0.39, 0.29) is 18.4 Å². The Labute approximate surface area is 163 Å². The monoisotopic (exact) mass is 377 g/mol. The van der Waals surface area contributed by atoms with Crippen LogP contribution < -0.4 is 10.6 Å². The van der Waals surface area contributed by atoms with Crippen LogP contribution in [0.4, 0.5) is 5.69 Å². The Balaban J connectivity index is 1.43. The van der Waals surface area contributed by atoms with Gasteiger partial charge in [-0.3, -0.25) is 9.59 Å². The van der Waals surface area contributed by atoms with E-state index in [1.54, 1.807) is 23.1 Å². The number of hydrogen-bond acceptors (Lipinski definition) is 4. The van der Waals surface area contributed by atoms with Gasteiger partial charge in [-0.1, -0.05) is 23.8 Å². The lowest BCUT2D eigenvalue weighted by Crippen LogP contribution is -2.33. The van der Waals surface area contributed by atoms with Gasteiger partial charge in [0.25, 0.3) is 0 Å². The molecule has 0 saturated carbocycles. The lowest BCUT2D eigenvalue weighted by Gasteiger charge is -2.09. The van der Waals surface area contributed by atoms with Crippen LogP contribution in [0.2, 0.25) is 0 Å². The zero-order valence-electron chi connectivity index (χ0n) is 16.0. The summed E-state index contributed by atoms with van der Waals surface area (Å²) in [5, 5.41) is 9.47. The van der Waals surface area contributed by atoms with Crippen molar-refractivity contribution in [2.24, 2.45) is 0 Å². The van der Waals surface area contributed by atoms with Crippen molar-refractivity contribution in [2.75, 3.05) is 11.9 Å². The normalized spacial score (nSPS) is 10.5. The fourth-order valence-electron chi connectivity index (χ4n) is 2.89. The molecule has 2 N–H and O–H groups in total. The maximum Gasteiger partial charge on any atom is 0.243 e. The van der Waals surface area contributed by atoms with Gasteiger partial charge in [0.1, 0.15) is 12.7 Å². The first-order valence-electron chi connectivity index (χ1n) is 9.09. The van der Waals surface area contributed by atoms with E-state index < -0.39 is 0 Å². The van der Waals surface area contributed by atoms with E-state index in [1.165, 1.54) is 17.5 Å². The van der Waals surface area contributed by atoms with Crippen LogP contribution in [0.15, 0.2) is 55.1 Å². The quantitative estimate of drug-likeness (QED) is 0.662. The van der Waals surface area contributed by atoms with E-state index in [4.69, 9.17) is 0 Å². The van der Waals surface area contributed by atoms with Crippen LogP contribution in [0.5, 0.6) is 0 Å². The molecule has 28 heavy (non-hydrogen) atoms. The number of anilines is 1. The predicted molar refractivity (Wildman–Crippen MR) is 107 cm³/mol. The highest BCUT2D eigenvalue weighted by Crippen LogP contribution is 2.13. The third kappa shape index (κ3) is 5.26. The van der Waals surface area contributed by atoms with E-state index in [0.29, 0.717) is 18.5 Å². The van der Waals surface area contributed by atoms with Crippen molar-refractivity contribution in [3.8, 4) is 5.69 Å². The molecule has 0 saturated heterocycles. The summed E-state index contributed by atoms with van der Waals surface area (Å²) in [6.07, 6.45) is 4.06. The highest BCUT2D eigenvalue weighted by Gasteiger charge is 2.08. The van der Waals surface area contributed by atoms with E-state index in [9.17, 15) is 9.59 Å². The van der Waals surface area contributed by atoms with E-state index >= 15 is 0 Å². The Kier molecular flexibility index (Phi) is 6.16. The van der Waals surface area contributed by atoms with Gasteiger partial charge in [0.2, 0.25) is 11.8 Å². The maximum absolute atomic E-state index is 12.0. The number of aromatic nitrogens is 3. The summed E-state index contributed by atoms with van der Waals surface area (Å²) in [6.45, 7) is 4.03.